The van der Waals surface area contributed by atoms with Crippen LogP contribution in [0.15, 0.2) is 44.3 Å². The van der Waals surface area contributed by atoms with Crippen LogP contribution in [0.5, 0.6) is 11.5 Å². The van der Waals surface area contributed by atoms with Crippen molar-refractivity contribution in [3.05, 3.63) is 78.9 Å². The third-order valence-electron chi connectivity index (χ3n) is 6.04. The van der Waals surface area contributed by atoms with Gasteiger partial charge in [0.1, 0.15) is 16.9 Å². The molecule has 0 bridgehead atoms. The second-order valence-corrected chi connectivity index (χ2v) is 8.35. The average Bonchev–Trinajstić information content (AvgIpc) is 2.71. The third-order valence-corrected chi connectivity index (χ3v) is 6.04. The van der Waals surface area contributed by atoms with Crippen molar-refractivity contribution in [2.75, 3.05) is 0 Å². The molecule has 1 aliphatic heterocycles. The molecule has 0 amide bonds. The first-order valence-electron chi connectivity index (χ1n) is 10.3. The molecule has 0 spiro atoms. The van der Waals surface area contributed by atoms with Gasteiger partial charge in [0, 0.05) is 28.6 Å². The van der Waals surface area contributed by atoms with Gasteiger partial charge in [0.15, 0.2) is 11.5 Å². The number of Topliss-reactive ketones (excluding diaryl/α,β-unsaturated/α-hetero) is 1. The quantitative estimate of drug-likeness (QED) is 0.209. The van der Waals surface area contributed by atoms with Crippen LogP contribution in [-0.2, 0) is 4.79 Å². The summed E-state index contributed by atoms with van der Waals surface area (Å²) in [6.45, 7) is 4.74. The number of carbonyl (C=O) groups excluding carboxylic acids is 2. The zero-order chi connectivity index (χ0) is 23.6. The molecule has 3 heterocycles. The lowest BCUT2D eigenvalue weighted by atomic mass is 9.83. The number of benzene rings is 2. The maximum Gasteiger partial charge on any atom is 0.336 e. The number of aromatic hydroxyl groups is 1. The van der Waals surface area contributed by atoms with Gasteiger partial charge in [-0.05, 0) is 49.4 Å². The minimum Gasteiger partial charge on any atom is -0.506 e. The monoisotopic (exact) mass is 445 g/mol. The summed E-state index contributed by atoms with van der Waals surface area (Å²) >= 11 is 0. The molecule has 2 aromatic carbocycles. The van der Waals surface area contributed by atoms with Crippen LogP contribution in [-0.4, -0.2) is 21.8 Å². The van der Waals surface area contributed by atoms with Gasteiger partial charge in [-0.1, -0.05) is 12.1 Å². The molecule has 2 aromatic heterocycles. The number of esters is 1. The van der Waals surface area contributed by atoms with Crippen LogP contribution in [0.25, 0.3) is 21.9 Å². The fraction of sp³-hybridized carbons (Fsp3) is 0.200. The highest BCUT2D eigenvalue weighted by Gasteiger charge is 2.38. The van der Waals surface area contributed by atoms with E-state index in [1.165, 1.54) is 13.0 Å². The van der Waals surface area contributed by atoms with E-state index >= 15 is 0 Å². The maximum atomic E-state index is 13.1. The van der Waals surface area contributed by atoms with E-state index in [0.717, 1.165) is 10.9 Å². The molecule has 0 aliphatic carbocycles. The van der Waals surface area contributed by atoms with Gasteiger partial charge >= 0.3 is 11.6 Å². The normalized spacial score (nSPS) is 15.5. The highest BCUT2D eigenvalue weighted by molar-refractivity contribution is 6.09. The number of ether oxygens (including phenoxy) is 1. The standard InChI is InChI=1S/C25H19NO7/c1-10-4-5-13-8-15(25(31)26-16(13)6-10)14-9-18(29)33-24-20(12(3)27)22(30)19-11(2)7-17(28)32-23(19)21(14)24/h4-8,14,30H,9H2,1-3H3,(H,26,31)/t14-/m1/s1. The molecule has 8 nitrogen and oxygen atoms in total. The van der Waals surface area contributed by atoms with Crippen LogP contribution < -0.4 is 15.9 Å². The number of hydrogen-bond donors (Lipinski definition) is 2. The van der Waals surface area contributed by atoms with E-state index in [9.17, 15) is 24.3 Å². The van der Waals surface area contributed by atoms with Gasteiger partial charge in [0.2, 0.25) is 0 Å². The summed E-state index contributed by atoms with van der Waals surface area (Å²) < 4.78 is 10.8. The number of ketones is 1. The zero-order valence-electron chi connectivity index (χ0n) is 18.1. The van der Waals surface area contributed by atoms with Gasteiger partial charge in [0.05, 0.1) is 11.8 Å². The zero-order valence-corrected chi connectivity index (χ0v) is 18.1. The maximum absolute atomic E-state index is 13.1. The number of phenolic OH excluding ortho intramolecular Hbond substituents is 1. The smallest absolute Gasteiger partial charge is 0.336 e. The minimum atomic E-state index is -0.859. The van der Waals surface area contributed by atoms with E-state index in [4.69, 9.17) is 9.15 Å². The Kier molecular flexibility index (Phi) is 4.49. The van der Waals surface area contributed by atoms with Crippen molar-refractivity contribution in [2.24, 2.45) is 0 Å². The number of aromatic nitrogens is 1. The largest absolute Gasteiger partial charge is 0.506 e. The number of fused-ring (bicyclic) bond motifs is 4. The number of hydrogen-bond acceptors (Lipinski definition) is 7. The highest BCUT2D eigenvalue weighted by atomic mass is 16.5. The molecule has 0 fully saturated rings. The van der Waals surface area contributed by atoms with Gasteiger partial charge in [-0.2, -0.15) is 0 Å². The van der Waals surface area contributed by atoms with Crippen molar-refractivity contribution in [3.8, 4) is 11.5 Å². The fourth-order valence-corrected chi connectivity index (χ4v) is 4.59. The summed E-state index contributed by atoms with van der Waals surface area (Å²) in [6.07, 6.45) is -0.206. The number of aromatic amines is 1. The molecule has 166 valence electrons. The highest BCUT2D eigenvalue weighted by Crippen LogP contribution is 2.49. The summed E-state index contributed by atoms with van der Waals surface area (Å²) in [6, 6.07) is 8.48. The van der Waals surface area contributed by atoms with Crippen molar-refractivity contribution in [1.82, 2.24) is 4.98 Å². The van der Waals surface area contributed by atoms with E-state index in [0.29, 0.717) is 11.1 Å². The van der Waals surface area contributed by atoms with E-state index < -0.39 is 34.6 Å². The lowest BCUT2D eigenvalue weighted by Gasteiger charge is -2.27. The van der Waals surface area contributed by atoms with Crippen LogP contribution in [0.4, 0.5) is 0 Å². The van der Waals surface area contributed by atoms with Crippen LogP contribution >= 0.6 is 0 Å². The summed E-state index contributed by atoms with van der Waals surface area (Å²) in [4.78, 5) is 53.2. The fourth-order valence-electron chi connectivity index (χ4n) is 4.59. The Morgan fingerprint density at radius 2 is 1.88 bits per heavy atom. The predicted molar refractivity (Wildman–Crippen MR) is 120 cm³/mol. The number of rotatable bonds is 2. The van der Waals surface area contributed by atoms with Crippen molar-refractivity contribution in [3.63, 3.8) is 0 Å². The number of H-pyrrole nitrogens is 1. The molecular weight excluding hydrogens is 426 g/mol. The Morgan fingerprint density at radius 3 is 2.61 bits per heavy atom. The molecule has 2 N–H and O–H groups in total. The van der Waals surface area contributed by atoms with Gasteiger partial charge in [0.25, 0.3) is 5.56 Å². The molecule has 4 aromatic rings. The van der Waals surface area contributed by atoms with Crippen LogP contribution in [0, 0.1) is 13.8 Å². The first-order valence-corrected chi connectivity index (χ1v) is 10.3. The molecule has 0 unspecified atom stereocenters. The topological polar surface area (TPSA) is 127 Å². The summed E-state index contributed by atoms with van der Waals surface area (Å²) in [7, 11) is 0. The average molecular weight is 445 g/mol. The summed E-state index contributed by atoms with van der Waals surface area (Å²) in [5.41, 5.74) is 1.18. The van der Waals surface area contributed by atoms with Gasteiger partial charge in [-0.15, -0.1) is 0 Å². The molecule has 0 saturated carbocycles. The lowest BCUT2D eigenvalue weighted by Crippen LogP contribution is -2.27. The Labute approximate surface area is 186 Å². The van der Waals surface area contributed by atoms with E-state index in [1.54, 1.807) is 13.0 Å². The molecule has 33 heavy (non-hydrogen) atoms. The van der Waals surface area contributed by atoms with Crippen LogP contribution in [0.1, 0.15) is 51.9 Å². The number of phenols is 1. The minimum absolute atomic E-state index is 0.0154. The van der Waals surface area contributed by atoms with Gasteiger partial charge in [-0.25, -0.2) is 4.79 Å². The van der Waals surface area contributed by atoms with Crippen molar-refractivity contribution in [1.29, 1.82) is 0 Å². The Bertz CT molecular complexity index is 1640. The summed E-state index contributed by atoms with van der Waals surface area (Å²) in [5.74, 6) is -2.69. The van der Waals surface area contributed by atoms with Crippen LogP contribution in [0.2, 0.25) is 0 Å². The first-order chi connectivity index (χ1) is 15.7. The summed E-state index contributed by atoms with van der Waals surface area (Å²) in [5, 5.41) is 11.8. The molecule has 8 heteroatoms. The molecular formula is C25H19NO7. The number of carbonyl (C=O) groups is 2. The second-order valence-electron chi connectivity index (χ2n) is 8.35. The lowest BCUT2D eigenvalue weighted by molar-refractivity contribution is -0.135. The van der Waals surface area contributed by atoms with Crippen LogP contribution in [0.3, 0.4) is 0 Å². The Hall–Kier alpha value is -4.20. The van der Waals surface area contributed by atoms with E-state index in [2.05, 4.69) is 4.98 Å². The van der Waals surface area contributed by atoms with Gasteiger partial charge < -0.3 is 19.2 Å². The molecule has 1 aliphatic rings. The van der Waals surface area contributed by atoms with Gasteiger partial charge in [-0.3, -0.25) is 14.4 Å². The molecule has 0 radical (unpaired) electrons. The predicted octanol–water partition coefficient (Wildman–Crippen LogP) is 3.60. The van der Waals surface area contributed by atoms with Crippen molar-refractivity contribution in [2.45, 2.75) is 33.1 Å². The number of aryl methyl sites for hydroxylation is 2. The van der Waals surface area contributed by atoms with E-state index in [-0.39, 0.29) is 39.8 Å². The second kappa shape index (κ2) is 7.16. The Balaban J connectivity index is 1.93. The molecule has 1 atom stereocenters. The number of pyridine rings is 1. The first kappa shape index (κ1) is 20.7. The third kappa shape index (κ3) is 3.14. The molecule has 0 saturated heterocycles. The van der Waals surface area contributed by atoms with Crippen molar-refractivity contribution >= 4 is 33.6 Å². The van der Waals surface area contributed by atoms with E-state index in [1.807, 2.05) is 25.1 Å². The number of nitrogens with one attached hydrogen (secondary N) is 1. The molecule has 5 rings (SSSR count). The SMILES string of the molecule is CC(=O)c1c2c(c3oc(=O)cc(C)c3c1O)[C@@H](c1cc3ccc(C)cc3[nH]c1=O)CC(=O)O2. The van der Waals surface area contributed by atoms with Crippen molar-refractivity contribution < 1.29 is 23.8 Å². The Morgan fingerprint density at radius 1 is 1.12 bits per heavy atom.